The smallest absolute Gasteiger partial charge is 0.0986 e. The van der Waals surface area contributed by atoms with Gasteiger partial charge in [0, 0.05) is 22.6 Å². The van der Waals surface area contributed by atoms with E-state index in [2.05, 4.69) is 21.8 Å². The summed E-state index contributed by atoms with van der Waals surface area (Å²) in [5.41, 5.74) is 5.32. The Morgan fingerprint density at radius 1 is 1.56 bits per heavy atom. The van der Waals surface area contributed by atoms with E-state index in [1.54, 1.807) is 10.9 Å². The average Bonchev–Trinajstić information content (AvgIpc) is 2.97. The number of thiophene rings is 1. The Labute approximate surface area is 114 Å². The van der Waals surface area contributed by atoms with Crippen LogP contribution in [0.1, 0.15) is 27.1 Å². The summed E-state index contributed by atoms with van der Waals surface area (Å²) in [6.45, 7) is 0. The molecule has 1 aliphatic rings. The quantitative estimate of drug-likeness (QED) is 0.654. The van der Waals surface area contributed by atoms with Crippen LogP contribution in [-0.2, 0) is 19.2 Å². The van der Waals surface area contributed by atoms with Crippen molar-refractivity contribution in [1.29, 1.82) is 0 Å². The van der Waals surface area contributed by atoms with E-state index < -0.39 is 0 Å². The number of nitrogens with two attached hydrogens (primary N) is 1. The van der Waals surface area contributed by atoms with Crippen molar-refractivity contribution in [3.63, 3.8) is 0 Å². The zero-order chi connectivity index (χ0) is 12.5. The molecule has 1 atom stereocenters. The molecule has 1 aliphatic heterocycles. The molecule has 0 fully saturated rings. The van der Waals surface area contributed by atoms with Crippen LogP contribution in [0.3, 0.4) is 0 Å². The molecule has 0 spiro atoms. The first-order valence-corrected chi connectivity index (χ1v) is 7.76. The van der Waals surface area contributed by atoms with Crippen LogP contribution in [-0.4, -0.2) is 20.7 Å². The molecule has 2 aromatic heterocycles. The van der Waals surface area contributed by atoms with Crippen LogP contribution in [0.25, 0.3) is 0 Å². The van der Waals surface area contributed by atoms with Gasteiger partial charge in [0.15, 0.2) is 0 Å². The second-order valence-electron chi connectivity index (χ2n) is 4.28. The lowest BCUT2D eigenvalue weighted by Crippen LogP contribution is -2.29. The summed E-state index contributed by atoms with van der Waals surface area (Å²) in [5.74, 6) is 8.05. The van der Waals surface area contributed by atoms with Crippen LogP contribution in [0.2, 0.25) is 0 Å². The summed E-state index contributed by atoms with van der Waals surface area (Å²) >= 11 is 3.85. The highest BCUT2D eigenvalue weighted by Crippen LogP contribution is 2.35. The molecule has 3 N–H and O–H groups in total. The van der Waals surface area contributed by atoms with Gasteiger partial charge in [0.05, 0.1) is 17.9 Å². The molecule has 2 aromatic rings. The van der Waals surface area contributed by atoms with E-state index in [-0.39, 0.29) is 6.04 Å². The van der Waals surface area contributed by atoms with E-state index in [0.29, 0.717) is 0 Å². The van der Waals surface area contributed by atoms with Gasteiger partial charge in [-0.2, -0.15) is 11.8 Å². The number of aryl methyl sites for hydroxylation is 2. The maximum absolute atomic E-state index is 5.71. The number of hydrazine groups is 1. The van der Waals surface area contributed by atoms with Gasteiger partial charge in [0.25, 0.3) is 0 Å². The number of thioether (sulfide) groups is 1. The molecule has 0 radical (unpaired) electrons. The molecule has 0 saturated carbocycles. The summed E-state index contributed by atoms with van der Waals surface area (Å²) in [5, 5.41) is 7.88. The molecule has 3 rings (SSSR count). The lowest BCUT2D eigenvalue weighted by Gasteiger charge is -2.13. The zero-order valence-corrected chi connectivity index (χ0v) is 11.7. The Kier molecular flexibility index (Phi) is 3.38. The molecule has 0 bridgehead atoms. The number of nitrogens with zero attached hydrogens (tertiary/aromatic N) is 3. The van der Waals surface area contributed by atoms with Crippen molar-refractivity contribution in [2.75, 3.05) is 5.75 Å². The van der Waals surface area contributed by atoms with Crippen molar-refractivity contribution in [2.24, 2.45) is 12.9 Å². The minimum absolute atomic E-state index is 0.0226. The summed E-state index contributed by atoms with van der Waals surface area (Å²) in [4.78, 5) is 2.74. The van der Waals surface area contributed by atoms with E-state index >= 15 is 0 Å². The van der Waals surface area contributed by atoms with Crippen LogP contribution in [0.15, 0.2) is 12.3 Å². The Morgan fingerprint density at radius 3 is 3.11 bits per heavy atom. The molecule has 0 aromatic carbocycles. The fourth-order valence-electron chi connectivity index (χ4n) is 2.18. The van der Waals surface area contributed by atoms with Gasteiger partial charge in [0.2, 0.25) is 0 Å². The molecule has 0 saturated heterocycles. The van der Waals surface area contributed by atoms with Crippen LogP contribution < -0.4 is 11.3 Å². The van der Waals surface area contributed by atoms with E-state index in [1.165, 1.54) is 27.5 Å². The predicted molar refractivity (Wildman–Crippen MR) is 74.4 cm³/mol. The van der Waals surface area contributed by atoms with Crippen LogP contribution in [0.4, 0.5) is 0 Å². The molecule has 0 amide bonds. The minimum atomic E-state index is -0.0226. The van der Waals surface area contributed by atoms with Gasteiger partial charge in [-0.25, -0.2) is 5.43 Å². The maximum Gasteiger partial charge on any atom is 0.0986 e. The topological polar surface area (TPSA) is 68.8 Å². The largest absolute Gasteiger partial charge is 0.270 e. The third-order valence-corrected chi connectivity index (χ3v) is 5.45. The van der Waals surface area contributed by atoms with Gasteiger partial charge in [0.1, 0.15) is 0 Å². The molecular weight excluding hydrogens is 266 g/mol. The van der Waals surface area contributed by atoms with Gasteiger partial charge < -0.3 is 0 Å². The highest BCUT2D eigenvalue weighted by atomic mass is 32.2. The second-order valence-corrected chi connectivity index (χ2v) is 6.56. The third kappa shape index (κ3) is 2.07. The van der Waals surface area contributed by atoms with Gasteiger partial charge in [-0.1, -0.05) is 5.21 Å². The number of nitrogens with one attached hydrogen (secondary N) is 1. The Balaban J connectivity index is 1.97. The van der Waals surface area contributed by atoms with Crippen molar-refractivity contribution in [3.05, 3.63) is 33.3 Å². The maximum atomic E-state index is 5.71. The third-order valence-electron chi connectivity index (χ3n) is 3.14. The Hall–Kier alpha value is -0.890. The SMILES string of the molecule is Cn1nncc1C(NN)c1cc2c(s1)CCSC2. The minimum Gasteiger partial charge on any atom is -0.270 e. The van der Waals surface area contributed by atoms with Gasteiger partial charge in [-0.3, -0.25) is 10.5 Å². The Morgan fingerprint density at radius 2 is 2.44 bits per heavy atom. The number of aromatic nitrogens is 3. The molecular formula is C11H15N5S2. The van der Waals surface area contributed by atoms with Crippen molar-refractivity contribution >= 4 is 23.1 Å². The zero-order valence-electron chi connectivity index (χ0n) is 10.1. The van der Waals surface area contributed by atoms with Crippen molar-refractivity contribution in [3.8, 4) is 0 Å². The van der Waals surface area contributed by atoms with E-state index in [0.717, 1.165) is 11.4 Å². The highest BCUT2D eigenvalue weighted by Gasteiger charge is 2.22. The molecule has 0 aliphatic carbocycles. The monoisotopic (exact) mass is 281 g/mol. The first kappa shape index (κ1) is 12.2. The molecule has 1 unspecified atom stereocenters. The number of hydrogen-bond donors (Lipinski definition) is 2. The first-order valence-electron chi connectivity index (χ1n) is 5.79. The van der Waals surface area contributed by atoms with Gasteiger partial charge in [-0.05, 0) is 23.8 Å². The van der Waals surface area contributed by atoms with Crippen LogP contribution >= 0.6 is 23.1 Å². The summed E-state index contributed by atoms with van der Waals surface area (Å²) < 4.78 is 1.76. The lowest BCUT2D eigenvalue weighted by molar-refractivity contribution is 0.576. The molecule has 18 heavy (non-hydrogen) atoms. The van der Waals surface area contributed by atoms with E-state index in [1.807, 2.05) is 30.1 Å². The molecule has 3 heterocycles. The number of rotatable bonds is 3. The standard InChI is InChI=1S/C11H15N5S2/c1-16-8(5-13-15-16)11(14-12)10-4-7-6-17-3-2-9(7)18-10/h4-5,11,14H,2-3,6,12H2,1H3. The molecule has 7 heteroatoms. The van der Waals surface area contributed by atoms with Gasteiger partial charge in [-0.15, -0.1) is 16.4 Å². The van der Waals surface area contributed by atoms with E-state index in [4.69, 9.17) is 5.84 Å². The van der Waals surface area contributed by atoms with E-state index in [9.17, 15) is 0 Å². The fourth-order valence-corrected chi connectivity index (χ4v) is 4.63. The normalized spacial score (nSPS) is 16.6. The van der Waals surface area contributed by atoms with Crippen molar-refractivity contribution in [2.45, 2.75) is 18.2 Å². The average molecular weight is 281 g/mol. The van der Waals surface area contributed by atoms with Crippen molar-refractivity contribution < 1.29 is 0 Å². The lowest BCUT2D eigenvalue weighted by atomic mass is 10.1. The molecule has 96 valence electrons. The summed E-state index contributed by atoms with van der Waals surface area (Å²) in [7, 11) is 1.88. The molecule has 5 nitrogen and oxygen atoms in total. The fraction of sp³-hybridized carbons (Fsp3) is 0.455. The highest BCUT2D eigenvalue weighted by molar-refractivity contribution is 7.98. The number of hydrogen-bond acceptors (Lipinski definition) is 6. The first-order chi connectivity index (χ1) is 8.79. The summed E-state index contributed by atoms with van der Waals surface area (Å²) in [6.07, 6.45) is 2.93. The predicted octanol–water partition coefficient (Wildman–Crippen LogP) is 1.22. The van der Waals surface area contributed by atoms with Gasteiger partial charge >= 0.3 is 0 Å². The number of fused-ring (bicyclic) bond motifs is 1. The van der Waals surface area contributed by atoms with Crippen molar-refractivity contribution in [1.82, 2.24) is 20.4 Å². The van der Waals surface area contributed by atoms with Crippen LogP contribution in [0, 0.1) is 0 Å². The van der Waals surface area contributed by atoms with Crippen LogP contribution in [0.5, 0.6) is 0 Å². The Bertz CT molecular complexity index is 524. The second kappa shape index (κ2) is 5.00. The summed E-state index contributed by atoms with van der Waals surface area (Å²) in [6, 6.07) is 2.24.